The van der Waals surface area contributed by atoms with Gasteiger partial charge >= 0.3 is 0 Å². The van der Waals surface area contributed by atoms with Crippen molar-refractivity contribution in [2.24, 2.45) is 21.7 Å². The second-order valence-electron chi connectivity index (χ2n) is 4.37. The fourth-order valence-electron chi connectivity index (χ4n) is 1.65. The van der Waals surface area contributed by atoms with E-state index < -0.39 is 0 Å². The lowest BCUT2D eigenvalue weighted by Gasteiger charge is -2.09. The van der Waals surface area contributed by atoms with Crippen LogP contribution in [-0.4, -0.2) is 12.2 Å². The van der Waals surface area contributed by atoms with Gasteiger partial charge in [-0.2, -0.15) is 5.10 Å². The second-order valence-corrected chi connectivity index (χ2v) is 5.72. The van der Waals surface area contributed by atoms with E-state index in [1.54, 1.807) is 0 Å². The molecule has 2 aromatic carbocycles. The van der Waals surface area contributed by atoms with Gasteiger partial charge < -0.3 is 16.2 Å². The number of benzene rings is 2. The average molecular weight is 418 g/mol. The molecule has 23 heavy (non-hydrogen) atoms. The van der Waals surface area contributed by atoms with Crippen molar-refractivity contribution in [1.82, 2.24) is 0 Å². The second kappa shape index (κ2) is 9.39. The molecule has 0 bridgehead atoms. The zero-order chi connectivity index (χ0) is 15.9. The Morgan fingerprint density at radius 2 is 1.87 bits per heavy atom. The molecular weight excluding hydrogens is 403 g/mol. The van der Waals surface area contributed by atoms with Crippen molar-refractivity contribution in [3.8, 4) is 5.75 Å². The highest BCUT2D eigenvalue weighted by Gasteiger charge is 2.04. The van der Waals surface area contributed by atoms with Crippen molar-refractivity contribution >= 4 is 52.1 Å². The first kappa shape index (κ1) is 19.3. The molecule has 0 atom stereocenters. The van der Waals surface area contributed by atoms with Gasteiger partial charge in [-0.3, -0.25) is 0 Å². The molecule has 0 aliphatic carbocycles. The van der Waals surface area contributed by atoms with Crippen molar-refractivity contribution < 1.29 is 4.74 Å². The van der Waals surface area contributed by atoms with Gasteiger partial charge in [0.15, 0.2) is 0 Å². The van der Waals surface area contributed by atoms with Gasteiger partial charge in [-0.05, 0) is 35.9 Å². The summed E-state index contributed by atoms with van der Waals surface area (Å²) in [5.41, 5.74) is 12.2. The smallest absolute Gasteiger partial charge is 0.211 e. The van der Waals surface area contributed by atoms with E-state index in [-0.39, 0.29) is 18.4 Å². The van der Waals surface area contributed by atoms with Crippen molar-refractivity contribution in [3.63, 3.8) is 0 Å². The molecule has 0 saturated heterocycles. The summed E-state index contributed by atoms with van der Waals surface area (Å²) in [5, 5.41) is 8.07. The molecule has 0 unspecified atom stereocenters. The Labute approximate surface area is 153 Å². The van der Waals surface area contributed by atoms with E-state index >= 15 is 0 Å². The highest BCUT2D eigenvalue weighted by molar-refractivity contribution is 9.10. The molecule has 0 radical (unpaired) electrons. The molecule has 2 rings (SSSR count). The van der Waals surface area contributed by atoms with Gasteiger partial charge in [0, 0.05) is 15.1 Å². The molecule has 0 fully saturated rings. The summed E-state index contributed by atoms with van der Waals surface area (Å²) in [6.07, 6.45) is 1.53. The van der Waals surface area contributed by atoms with E-state index in [2.05, 4.69) is 26.1 Å². The summed E-state index contributed by atoms with van der Waals surface area (Å²) < 4.78 is 6.71. The zero-order valence-corrected chi connectivity index (χ0v) is 15.1. The average Bonchev–Trinajstić information content (AvgIpc) is 2.48. The van der Waals surface area contributed by atoms with Crippen LogP contribution in [0.5, 0.6) is 5.75 Å². The lowest BCUT2D eigenvalue weighted by molar-refractivity contribution is 0.306. The SMILES string of the molecule is Cl.NC(N)=N/N=C\c1cc(Br)ccc1OCc1ccc(Cl)cc1. The fraction of sp³-hybridized carbons (Fsp3) is 0.0667. The largest absolute Gasteiger partial charge is 0.488 e. The van der Waals surface area contributed by atoms with E-state index in [0.29, 0.717) is 17.4 Å². The number of hydrogen-bond donors (Lipinski definition) is 2. The van der Waals surface area contributed by atoms with Crippen LogP contribution in [0.25, 0.3) is 0 Å². The molecule has 4 N–H and O–H groups in total. The van der Waals surface area contributed by atoms with Gasteiger partial charge in [-0.1, -0.05) is 39.7 Å². The maximum atomic E-state index is 5.86. The van der Waals surface area contributed by atoms with Gasteiger partial charge in [0.05, 0.1) is 6.21 Å². The predicted octanol–water partition coefficient (Wildman–Crippen LogP) is 3.71. The monoisotopic (exact) mass is 416 g/mol. The molecule has 0 aliphatic rings. The van der Waals surface area contributed by atoms with Crippen LogP contribution in [0.15, 0.2) is 57.1 Å². The summed E-state index contributed by atoms with van der Waals surface area (Å²) in [7, 11) is 0. The molecule has 0 aromatic heterocycles. The van der Waals surface area contributed by atoms with E-state index in [1.807, 2.05) is 42.5 Å². The van der Waals surface area contributed by atoms with E-state index in [9.17, 15) is 0 Å². The minimum absolute atomic E-state index is 0. The molecule has 122 valence electrons. The van der Waals surface area contributed by atoms with Crippen LogP contribution >= 0.6 is 39.9 Å². The Bertz CT molecular complexity index is 701. The Morgan fingerprint density at radius 3 is 2.52 bits per heavy atom. The third kappa shape index (κ3) is 6.48. The van der Waals surface area contributed by atoms with Gasteiger partial charge in [0.2, 0.25) is 5.96 Å². The molecule has 0 heterocycles. The third-order valence-electron chi connectivity index (χ3n) is 2.65. The Balaban J connectivity index is 0.00000264. The number of rotatable bonds is 5. The number of nitrogens with two attached hydrogens (primary N) is 2. The lowest BCUT2D eigenvalue weighted by Crippen LogP contribution is -2.21. The molecule has 2 aromatic rings. The van der Waals surface area contributed by atoms with Crippen molar-refractivity contribution in [2.45, 2.75) is 6.61 Å². The number of ether oxygens (including phenoxy) is 1. The van der Waals surface area contributed by atoms with Crippen molar-refractivity contribution in [2.75, 3.05) is 0 Å². The topological polar surface area (TPSA) is 86.0 Å². The van der Waals surface area contributed by atoms with E-state index in [1.165, 1.54) is 6.21 Å². The molecule has 5 nitrogen and oxygen atoms in total. The van der Waals surface area contributed by atoms with Gasteiger partial charge in [-0.25, -0.2) is 0 Å². The normalized spacial score (nSPS) is 10.2. The molecule has 0 spiro atoms. The summed E-state index contributed by atoms with van der Waals surface area (Å²) in [5.74, 6) is 0.572. The molecule has 0 saturated carbocycles. The van der Waals surface area contributed by atoms with Gasteiger partial charge in [0.25, 0.3) is 0 Å². The molecule has 8 heteroatoms. The number of nitrogens with zero attached hydrogens (tertiary/aromatic N) is 2. The highest BCUT2D eigenvalue weighted by Crippen LogP contribution is 2.23. The van der Waals surface area contributed by atoms with Crippen molar-refractivity contribution in [1.29, 1.82) is 0 Å². The van der Waals surface area contributed by atoms with Crippen molar-refractivity contribution in [3.05, 3.63) is 63.1 Å². The standard InChI is InChI=1S/C15H14BrClN4O.ClH/c16-12-3-6-14(11(7-12)8-20-21-15(18)19)22-9-10-1-4-13(17)5-2-10;/h1-8H,9H2,(H4,18,19,21);1H/b20-8-;. The van der Waals surface area contributed by atoms with Gasteiger partial charge in [-0.15, -0.1) is 17.5 Å². The predicted molar refractivity (Wildman–Crippen MR) is 101 cm³/mol. The van der Waals surface area contributed by atoms with Crippen LogP contribution in [0.2, 0.25) is 5.02 Å². The maximum Gasteiger partial charge on any atom is 0.211 e. The third-order valence-corrected chi connectivity index (χ3v) is 3.39. The minimum atomic E-state index is -0.102. The summed E-state index contributed by atoms with van der Waals surface area (Å²) in [4.78, 5) is 0. The van der Waals surface area contributed by atoms with Crippen LogP contribution in [0.4, 0.5) is 0 Å². The molecule has 0 aliphatic heterocycles. The van der Waals surface area contributed by atoms with Gasteiger partial charge in [0.1, 0.15) is 12.4 Å². The van der Waals surface area contributed by atoms with Crippen LogP contribution in [0, 0.1) is 0 Å². The first-order chi connectivity index (χ1) is 10.5. The fourth-order valence-corrected chi connectivity index (χ4v) is 2.16. The zero-order valence-electron chi connectivity index (χ0n) is 11.9. The number of halogens is 3. The number of guanidine groups is 1. The Kier molecular flexibility index (Phi) is 7.88. The van der Waals surface area contributed by atoms with Crippen LogP contribution in [0.1, 0.15) is 11.1 Å². The van der Waals surface area contributed by atoms with Crippen LogP contribution in [-0.2, 0) is 6.61 Å². The quantitative estimate of drug-likeness (QED) is 0.441. The van der Waals surface area contributed by atoms with E-state index in [0.717, 1.165) is 15.6 Å². The molecular formula is C15H15BrCl2N4O. The summed E-state index contributed by atoms with van der Waals surface area (Å²) in [6, 6.07) is 13.1. The first-order valence-corrected chi connectivity index (χ1v) is 7.50. The Morgan fingerprint density at radius 1 is 1.17 bits per heavy atom. The van der Waals surface area contributed by atoms with Crippen LogP contribution in [0.3, 0.4) is 0 Å². The lowest BCUT2D eigenvalue weighted by atomic mass is 10.2. The summed E-state index contributed by atoms with van der Waals surface area (Å²) in [6.45, 7) is 0.419. The minimum Gasteiger partial charge on any atom is -0.488 e. The highest BCUT2D eigenvalue weighted by atomic mass is 79.9. The number of hydrogen-bond acceptors (Lipinski definition) is 3. The molecule has 0 amide bonds. The van der Waals surface area contributed by atoms with E-state index in [4.69, 9.17) is 27.8 Å². The van der Waals surface area contributed by atoms with Crippen LogP contribution < -0.4 is 16.2 Å². The maximum absolute atomic E-state index is 5.86. The summed E-state index contributed by atoms with van der Waals surface area (Å²) >= 11 is 9.26. The Hall–Kier alpha value is -1.76. The first-order valence-electron chi connectivity index (χ1n) is 6.33.